The molecule has 2 aliphatic rings. The summed E-state index contributed by atoms with van der Waals surface area (Å²) < 4.78 is 42.3. The lowest BCUT2D eigenvalue weighted by Gasteiger charge is -2.30. The number of hydrogen-bond acceptors (Lipinski definition) is 6. The number of rotatable bonds is 10. The normalized spacial score (nSPS) is 16.7. The van der Waals surface area contributed by atoms with Crippen LogP contribution in [0.15, 0.2) is 36.4 Å². The Bertz CT molecular complexity index is 1140. The van der Waals surface area contributed by atoms with Gasteiger partial charge >= 0.3 is 0 Å². The molecule has 0 atom stereocenters. The molecule has 8 nitrogen and oxygen atoms in total. The fourth-order valence-electron chi connectivity index (χ4n) is 4.84. The van der Waals surface area contributed by atoms with E-state index in [1.54, 1.807) is 30.2 Å². The number of hydrogen-bond donors (Lipinski definition) is 1. The van der Waals surface area contributed by atoms with E-state index in [9.17, 15) is 13.2 Å². The average molecular weight is 503 g/mol. The lowest BCUT2D eigenvalue weighted by Crippen LogP contribution is -2.37. The molecule has 0 aromatic heterocycles. The molecule has 1 amide bonds. The van der Waals surface area contributed by atoms with E-state index in [1.165, 1.54) is 37.7 Å². The van der Waals surface area contributed by atoms with Crippen LogP contribution < -0.4 is 14.4 Å². The van der Waals surface area contributed by atoms with Crippen molar-refractivity contribution in [1.29, 1.82) is 0 Å². The van der Waals surface area contributed by atoms with Crippen LogP contribution in [0.4, 0.5) is 11.4 Å². The third kappa shape index (κ3) is 6.54. The molecule has 1 heterocycles. The molecule has 0 unspecified atom stereocenters. The summed E-state index contributed by atoms with van der Waals surface area (Å²) in [6, 6.07) is 11.3. The maximum atomic E-state index is 13.4. The standard InChI is InChI=1S/C26H34N2O6S/c1-32-14-15-33-18-34-25-11-9-22(17-24(25)27-35(2,30)31)28-13-12-21-16-20(8-10-23(21)26(28)29)19-6-4-3-5-7-19/h8-11,16-17,19,27H,3-7,12-15,18H2,1-2H3. The minimum Gasteiger partial charge on any atom is -0.465 e. The molecular weight excluding hydrogens is 468 g/mol. The Kier molecular flexibility index (Phi) is 8.30. The van der Waals surface area contributed by atoms with E-state index in [0.717, 1.165) is 18.2 Å². The summed E-state index contributed by atoms with van der Waals surface area (Å²) in [7, 11) is -1.98. The Hall–Kier alpha value is -2.62. The first-order valence-electron chi connectivity index (χ1n) is 12.1. The van der Waals surface area contributed by atoms with Crippen molar-refractivity contribution in [2.24, 2.45) is 0 Å². The monoisotopic (exact) mass is 502 g/mol. The number of nitrogens with zero attached hydrogens (tertiary/aromatic N) is 1. The van der Waals surface area contributed by atoms with Crippen LogP contribution in [0.1, 0.15) is 59.5 Å². The van der Waals surface area contributed by atoms with Gasteiger partial charge in [0.15, 0.2) is 6.79 Å². The van der Waals surface area contributed by atoms with Gasteiger partial charge in [-0.2, -0.15) is 0 Å². The maximum absolute atomic E-state index is 13.4. The van der Waals surface area contributed by atoms with Crippen LogP contribution in [0.2, 0.25) is 0 Å². The van der Waals surface area contributed by atoms with Crippen LogP contribution in [-0.2, 0) is 25.9 Å². The van der Waals surface area contributed by atoms with Crippen LogP contribution in [0.5, 0.6) is 5.75 Å². The first kappa shape index (κ1) is 25.5. The Balaban J connectivity index is 1.53. The second-order valence-corrected chi connectivity index (χ2v) is 10.9. The third-order valence-corrected chi connectivity index (χ3v) is 7.18. The van der Waals surface area contributed by atoms with Crippen molar-refractivity contribution in [3.8, 4) is 5.75 Å². The van der Waals surface area contributed by atoms with E-state index in [4.69, 9.17) is 14.2 Å². The molecule has 0 bridgehead atoms. The van der Waals surface area contributed by atoms with Crippen molar-refractivity contribution in [3.63, 3.8) is 0 Å². The number of amides is 1. The number of methoxy groups -OCH3 is 1. The highest BCUT2D eigenvalue weighted by atomic mass is 32.2. The van der Waals surface area contributed by atoms with Gasteiger partial charge in [-0.15, -0.1) is 0 Å². The number of benzene rings is 2. The summed E-state index contributed by atoms with van der Waals surface area (Å²) in [4.78, 5) is 15.1. The van der Waals surface area contributed by atoms with Crippen molar-refractivity contribution < 1.29 is 27.4 Å². The highest BCUT2D eigenvalue weighted by molar-refractivity contribution is 7.92. The summed E-state index contributed by atoms with van der Waals surface area (Å²) in [6.07, 6.45) is 8.14. The minimum absolute atomic E-state index is 0.0551. The van der Waals surface area contributed by atoms with Gasteiger partial charge in [0.1, 0.15) is 5.75 Å². The number of ether oxygens (including phenoxy) is 3. The zero-order chi connectivity index (χ0) is 24.8. The molecule has 0 spiro atoms. The maximum Gasteiger partial charge on any atom is 0.258 e. The van der Waals surface area contributed by atoms with Gasteiger partial charge in [-0.3, -0.25) is 9.52 Å². The molecule has 0 radical (unpaired) electrons. The van der Waals surface area contributed by atoms with Crippen molar-refractivity contribution >= 4 is 27.3 Å². The van der Waals surface area contributed by atoms with Crippen LogP contribution in [0.25, 0.3) is 0 Å². The van der Waals surface area contributed by atoms with E-state index >= 15 is 0 Å². The lowest BCUT2D eigenvalue weighted by molar-refractivity contribution is -0.00813. The molecular formula is C26H34N2O6S. The summed E-state index contributed by atoms with van der Waals surface area (Å²) in [5, 5.41) is 0. The lowest BCUT2D eigenvalue weighted by atomic mass is 9.82. The fourth-order valence-corrected chi connectivity index (χ4v) is 5.40. The zero-order valence-electron chi connectivity index (χ0n) is 20.4. The molecule has 0 saturated heterocycles. The Labute approximate surface area is 207 Å². The average Bonchev–Trinajstić information content (AvgIpc) is 2.84. The minimum atomic E-state index is -3.56. The molecule has 190 valence electrons. The largest absolute Gasteiger partial charge is 0.465 e. The summed E-state index contributed by atoms with van der Waals surface area (Å²) in [5.41, 5.74) is 4.01. The van der Waals surface area contributed by atoms with Gasteiger partial charge in [-0.05, 0) is 60.6 Å². The quantitative estimate of drug-likeness (QED) is 0.384. The highest BCUT2D eigenvalue weighted by Gasteiger charge is 2.27. The predicted molar refractivity (Wildman–Crippen MR) is 136 cm³/mol. The van der Waals surface area contributed by atoms with Crippen LogP contribution in [-0.4, -0.2) is 54.2 Å². The van der Waals surface area contributed by atoms with Gasteiger partial charge in [-0.25, -0.2) is 8.42 Å². The Morgan fingerprint density at radius 1 is 1.06 bits per heavy atom. The smallest absolute Gasteiger partial charge is 0.258 e. The topological polar surface area (TPSA) is 94.2 Å². The molecule has 4 rings (SSSR count). The van der Waals surface area contributed by atoms with E-state index in [1.807, 2.05) is 6.07 Å². The molecule has 2 aromatic carbocycles. The molecule has 9 heteroatoms. The van der Waals surface area contributed by atoms with E-state index < -0.39 is 10.0 Å². The molecule has 1 aliphatic heterocycles. The Morgan fingerprint density at radius 3 is 2.60 bits per heavy atom. The first-order valence-corrected chi connectivity index (χ1v) is 14.0. The van der Waals surface area contributed by atoms with Crippen molar-refractivity contribution in [1.82, 2.24) is 0 Å². The Morgan fingerprint density at radius 2 is 1.86 bits per heavy atom. The van der Waals surface area contributed by atoms with Gasteiger partial charge < -0.3 is 19.1 Å². The van der Waals surface area contributed by atoms with Gasteiger partial charge in [0.05, 0.1) is 25.2 Å². The van der Waals surface area contributed by atoms with Crippen molar-refractivity contribution in [2.75, 3.05) is 49.5 Å². The molecule has 1 aliphatic carbocycles. The molecule has 35 heavy (non-hydrogen) atoms. The van der Waals surface area contributed by atoms with Crippen LogP contribution >= 0.6 is 0 Å². The number of carbonyl (C=O) groups excluding carboxylic acids is 1. The van der Waals surface area contributed by atoms with Crippen molar-refractivity contribution in [3.05, 3.63) is 53.1 Å². The summed E-state index contributed by atoms with van der Waals surface area (Å²) in [6.45, 7) is 1.25. The number of nitrogens with one attached hydrogen (secondary N) is 1. The second-order valence-electron chi connectivity index (χ2n) is 9.18. The number of anilines is 2. The first-order chi connectivity index (χ1) is 16.9. The molecule has 1 N–H and O–H groups in total. The van der Waals surface area contributed by atoms with Gasteiger partial charge in [0.25, 0.3) is 5.91 Å². The zero-order valence-corrected chi connectivity index (χ0v) is 21.2. The van der Waals surface area contributed by atoms with Gasteiger partial charge in [0, 0.05) is 24.9 Å². The number of sulfonamides is 1. The van der Waals surface area contributed by atoms with Gasteiger partial charge in [-0.1, -0.05) is 31.4 Å². The van der Waals surface area contributed by atoms with Gasteiger partial charge in [0.2, 0.25) is 10.0 Å². The van der Waals surface area contributed by atoms with Crippen molar-refractivity contribution in [2.45, 2.75) is 44.4 Å². The second kappa shape index (κ2) is 11.4. The third-order valence-electron chi connectivity index (χ3n) is 6.59. The summed E-state index contributed by atoms with van der Waals surface area (Å²) in [5.74, 6) is 0.833. The number of carbonyl (C=O) groups is 1. The van der Waals surface area contributed by atoms with E-state index in [-0.39, 0.29) is 18.4 Å². The van der Waals surface area contributed by atoms with E-state index in [0.29, 0.717) is 42.7 Å². The molecule has 2 aromatic rings. The molecule has 1 fully saturated rings. The fraction of sp³-hybridized carbons (Fsp3) is 0.500. The molecule has 1 saturated carbocycles. The summed E-state index contributed by atoms with van der Waals surface area (Å²) >= 11 is 0. The van der Waals surface area contributed by atoms with Crippen LogP contribution in [0, 0.1) is 0 Å². The van der Waals surface area contributed by atoms with Crippen LogP contribution in [0.3, 0.4) is 0 Å². The predicted octanol–water partition coefficient (Wildman–Crippen LogP) is 4.31. The number of fused-ring (bicyclic) bond motifs is 1. The highest BCUT2D eigenvalue weighted by Crippen LogP contribution is 2.36. The van der Waals surface area contributed by atoms with E-state index in [2.05, 4.69) is 16.9 Å². The SMILES string of the molecule is COCCOCOc1ccc(N2CCc3cc(C4CCCCC4)ccc3C2=O)cc1NS(C)(=O)=O.